The van der Waals surface area contributed by atoms with Crippen LogP contribution in [0.15, 0.2) is 24.3 Å². The summed E-state index contributed by atoms with van der Waals surface area (Å²) in [5.41, 5.74) is 0.838. The molecule has 0 amide bonds. The van der Waals surface area contributed by atoms with Gasteiger partial charge in [0.05, 0.1) is 17.1 Å². The molecule has 146 valence electrons. The van der Waals surface area contributed by atoms with E-state index in [1.54, 1.807) is 24.3 Å². The van der Waals surface area contributed by atoms with Crippen molar-refractivity contribution >= 4 is 10.6 Å². The summed E-state index contributed by atoms with van der Waals surface area (Å²) in [6, 6.07) is 7.17. The van der Waals surface area contributed by atoms with Crippen LogP contribution in [0.3, 0.4) is 0 Å². The maximum Gasteiger partial charge on any atom is 0.150 e. The van der Waals surface area contributed by atoms with Gasteiger partial charge in [-0.3, -0.25) is 4.55 Å². The summed E-state index contributed by atoms with van der Waals surface area (Å²) in [5, 5.41) is 9.12. The van der Waals surface area contributed by atoms with Crippen LogP contribution in [0.5, 0.6) is 5.75 Å². The maximum absolute atomic E-state index is 10.6. The number of benzene rings is 1. The summed E-state index contributed by atoms with van der Waals surface area (Å²) >= 11 is 0. The molecule has 1 rings (SSSR count). The average molecular weight is 363 g/mol. The van der Waals surface area contributed by atoms with Gasteiger partial charge in [-0.25, -0.2) is 0 Å². The standard InChI is InChI=1S/C13H22O3S.C3H8.2C2H6/c1-10(2)17(15,11(3)4)16-13-7-5-12(9-14)6-8-13;1-3-2;2*1-2/h5-8,10-11,14-15H,9H2,1-4H3;3H2,1-2H3;2*1-2H3. The summed E-state index contributed by atoms with van der Waals surface area (Å²) in [4.78, 5) is 0. The molecule has 0 atom stereocenters. The van der Waals surface area contributed by atoms with Crippen LogP contribution in [-0.2, 0) is 6.61 Å². The monoisotopic (exact) mass is 362 g/mol. The largest absolute Gasteiger partial charge is 0.392 e. The van der Waals surface area contributed by atoms with Crippen LogP contribution in [0.2, 0.25) is 0 Å². The van der Waals surface area contributed by atoms with Crippen LogP contribution in [0.4, 0.5) is 0 Å². The van der Waals surface area contributed by atoms with E-state index in [1.165, 1.54) is 6.42 Å². The molecule has 0 saturated heterocycles. The van der Waals surface area contributed by atoms with Crippen molar-refractivity contribution in [3.8, 4) is 5.75 Å². The average Bonchev–Trinajstić information content (AvgIpc) is 2.59. The van der Waals surface area contributed by atoms with Crippen molar-refractivity contribution in [3.05, 3.63) is 29.8 Å². The molecule has 0 spiro atoms. The number of aliphatic hydroxyl groups is 1. The van der Waals surface area contributed by atoms with Crippen molar-refractivity contribution in [3.63, 3.8) is 0 Å². The minimum atomic E-state index is -2.11. The van der Waals surface area contributed by atoms with Crippen LogP contribution >= 0.6 is 10.6 Å². The fourth-order valence-electron chi connectivity index (χ4n) is 1.54. The normalized spacial score (nSPS) is 10.6. The Morgan fingerprint density at radius 3 is 1.46 bits per heavy atom. The second kappa shape index (κ2) is 17.1. The number of aliphatic hydroxyl groups excluding tert-OH is 1. The topological polar surface area (TPSA) is 49.7 Å². The smallest absolute Gasteiger partial charge is 0.150 e. The molecule has 0 heterocycles. The van der Waals surface area contributed by atoms with E-state index in [-0.39, 0.29) is 17.1 Å². The zero-order valence-corrected chi connectivity index (χ0v) is 18.4. The first-order chi connectivity index (χ1) is 11.3. The molecule has 0 saturated carbocycles. The van der Waals surface area contributed by atoms with Crippen LogP contribution in [0, 0.1) is 0 Å². The van der Waals surface area contributed by atoms with Crippen LogP contribution in [-0.4, -0.2) is 20.2 Å². The fourth-order valence-corrected chi connectivity index (χ4v) is 3.43. The molecular formula is C20H42O3S. The van der Waals surface area contributed by atoms with Gasteiger partial charge in [-0.2, -0.15) is 10.6 Å². The van der Waals surface area contributed by atoms with Crippen LogP contribution in [0.25, 0.3) is 0 Å². The lowest BCUT2D eigenvalue weighted by atomic mass is 10.2. The lowest BCUT2D eigenvalue weighted by molar-refractivity contribution is 0.282. The highest BCUT2D eigenvalue weighted by atomic mass is 32.3. The number of hydrogen-bond donors (Lipinski definition) is 2. The molecule has 0 aliphatic heterocycles. The van der Waals surface area contributed by atoms with Gasteiger partial charge in [0.25, 0.3) is 0 Å². The van der Waals surface area contributed by atoms with Gasteiger partial charge in [-0.1, -0.05) is 60.1 Å². The summed E-state index contributed by atoms with van der Waals surface area (Å²) in [6.07, 6.45) is 1.25. The molecule has 0 fully saturated rings. The third kappa shape index (κ3) is 11.0. The molecule has 0 aromatic heterocycles. The minimum absolute atomic E-state index is 0.0196. The first-order valence-corrected chi connectivity index (χ1v) is 10.9. The quantitative estimate of drug-likeness (QED) is 0.590. The number of hydrogen-bond acceptors (Lipinski definition) is 3. The molecule has 0 aliphatic carbocycles. The lowest BCUT2D eigenvalue weighted by Gasteiger charge is -2.45. The van der Waals surface area contributed by atoms with Gasteiger partial charge in [0.15, 0.2) is 5.75 Å². The Kier molecular flexibility index (Phi) is 20.1. The third-order valence-corrected chi connectivity index (χ3v) is 5.85. The Morgan fingerprint density at radius 1 is 0.875 bits per heavy atom. The zero-order chi connectivity index (χ0) is 19.8. The highest BCUT2D eigenvalue weighted by Gasteiger charge is 2.26. The summed E-state index contributed by atoms with van der Waals surface area (Å²) in [7, 11) is -2.11. The van der Waals surface area contributed by atoms with Crippen LogP contribution in [0.1, 0.15) is 81.2 Å². The molecular weight excluding hydrogens is 320 g/mol. The lowest BCUT2D eigenvalue weighted by Crippen LogP contribution is -2.25. The minimum Gasteiger partial charge on any atom is -0.392 e. The van der Waals surface area contributed by atoms with E-state index in [4.69, 9.17) is 9.29 Å². The molecule has 1 aromatic rings. The first-order valence-electron chi connectivity index (χ1n) is 9.24. The van der Waals surface area contributed by atoms with E-state index in [0.717, 1.165) is 5.56 Å². The Bertz CT molecular complexity index is 354. The van der Waals surface area contributed by atoms with Gasteiger partial charge in [0, 0.05) is 0 Å². The van der Waals surface area contributed by atoms with Gasteiger partial charge < -0.3 is 9.29 Å². The zero-order valence-electron chi connectivity index (χ0n) is 17.6. The molecule has 2 N–H and O–H groups in total. The highest BCUT2D eigenvalue weighted by molar-refractivity contribution is 8.26. The summed E-state index contributed by atoms with van der Waals surface area (Å²) < 4.78 is 16.3. The summed E-state index contributed by atoms with van der Waals surface area (Å²) in [6.45, 7) is 20.1. The van der Waals surface area contributed by atoms with E-state index in [0.29, 0.717) is 5.75 Å². The SMILES string of the molecule is CC.CC.CC(C)S(O)(Oc1ccc(CO)cc1)C(C)C.CCC. The van der Waals surface area contributed by atoms with E-state index in [9.17, 15) is 4.55 Å². The highest BCUT2D eigenvalue weighted by Crippen LogP contribution is 2.53. The Balaban J connectivity index is -0.000000549. The van der Waals surface area contributed by atoms with Crippen molar-refractivity contribution in [2.75, 3.05) is 0 Å². The Hall–Kier alpha value is -0.710. The molecule has 0 radical (unpaired) electrons. The predicted molar refractivity (Wildman–Crippen MR) is 112 cm³/mol. The van der Waals surface area contributed by atoms with Gasteiger partial charge in [-0.15, -0.1) is 0 Å². The van der Waals surface area contributed by atoms with Crippen LogP contribution < -0.4 is 4.18 Å². The first kappa shape index (κ1) is 28.1. The van der Waals surface area contributed by atoms with Gasteiger partial charge >= 0.3 is 0 Å². The Labute approximate surface area is 153 Å². The molecule has 24 heavy (non-hydrogen) atoms. The number of rotatable bonds is 5. The van der Waals surface area contributed by atoms with Gasteiger partial charge in [0.1, 0.15) is 0 Å². The van der Waals surface area contributed by atoms with Crippen molar-refractivity contribution in [1.82, 2.24) is 0 Å². The molecule has 4 heteroatoms. The Morgan fingerprint density at radius 2 is 1.21 bits per heavy atom. The van der Waals surface area contributed by atoms with E-state index in [2.05, 4.69) is 13.8 Å². The predicted octanol–water partition coefficient (Wildman–Crippen LogP) is 7.04. The van der Waals surface area contributed by atoms with Crippen molar-refractivity contribution in [2.24, 2.45) is 0 Å². The van der Waals surface area contributed by atoms with Gasteiger partial charge in [-0.05, 0) is 45.4 Å². The summed E-state index contributed by atoms with van der Waals surface area (Å²) in [5.74, 6) is 0.655. The molecule has 1 aromatic carbocycles. The third-order valence-electron chi connectivity index (χ3n) is 2.69. The fraction of sp³-hybridized carbons (Fsp3) is 0.700. The van der Waals surface area contributed by atoms with E-state index in [1.807, 2.05) is 55.4 Å². The van der Waals surface area contributed by atoms with Crippen molar-refractivity contribution < 1.29 is 13.8 Å². The molecule has 0 unspecified atom stereocenters. The second-order valence-electron chi connectivity index (χ2n) is 5.30. The van der Waals surface area contributed by atoms with Crippen molar-refractivity contribution in [2.45, 2.75) is 92.8 Å². The van der Waals surface area contributed by atoms with E-state index < -0.39 is 10.6 Å². The van der Waals surface area contributed by atoms with Gasteiger partial charge in [0.2, 0.25) is 0 Å². The molecule has 0 bridgehead atoms. The molecule has 0 aliphatic rings. The van der Waals surface area contributed by atoms with E-state index >= 15 is 0 Å². The second-order valence-corrected chi connectivity index (χ2v) is 8.58. The molecule has 3 nitrogen and oxygen atoms in total. The maximum atomic E-state index is 10.6. The van der Waals surface area contributed by atoms with Crippen molar-refractivity contribution in [1.29, 1.82) is 0 Å².